The van der Waals surface area contributed by atoms with Crippen LogP contribution in [0, 0.1) is 0 Å². The van der Waals surface area contributed by atoms with Gasteiger partial charge in [0.2, 0.25) is 0 Å². The molecule has 1 amide bonds. The second-order valence-corrected chi connectivity index (χ2v) is 11.2. The molecule has 6 nitrogen and oxygen atoms in total. The molecule has 1 aromatic heterocycles. The predicted molar refractivity (Wildman–Crippen MR) is 142 cm³/mol. The van der Waals surface area contributed by atoms with Crippen LogP contribution >= 0.6 is 39.7 Å². The number of fused-ring (bicyclic) bond motifs is 2. The number of Topliss-reactive ketones (excluding diaryl/α,β-unsaturated/α-hetero) is 1. The van der Waals surface area contributed by atoms with Crippen LogP contribution in [0.4, 0.5) is 0 Å². The lowest BCUT2D eigenvalue weighted by molar-refractivity contribution is 0.0758. The minimum Gasteiger partial charge on any atom is -0.345 e. The topological polar surface area (TPSA) is 88.3 Å². The standard InChI is InChI=1S/C25H27BrN4O2S.ClH/c1-30-11-9-19-20(14-30)33-24(28-19)23(32)29-21-4-2-3-10-25(21,27)22(31)17-6-5-16-13-18(26)8-7-15(16)12-17;/h5-8,12-13,21H,2-4,9-11,14,27H2,1H3,(H,29,32);1H. The zero-order valence-corrected chi connectivity index (χ0v) is 22.2. The van der Waals surface area contributed by atoms with E-state index in [1.807, 2.05) is 36.4 Å². The summed E-state index contributed by atoms with van der Waals surface area (Å²) in [7, 11) is 2.07. The quantitative estimate of drug-likeness (QED) is 0.449. The summed E-state index contributed by atoms with van der Waals surface area (Å²) in [5.41, 5.74) is 7.27. The predicted octanol–water partition coefficient (Wildman–Crippen LogP) is 4.72. The van der Waals surface area contributed by atoms with Crippen molar-refractivity contribution < 1.29 is 9.59 Å². The number of hydrogen-bond donors (Lipinski definition) is 2. The first-order chi connectivity index (χ1) is 15.8. The minimum absolute atomic E-state index is 0. The Balaban J connectivity index is 0.00000274. The SMILES string of the molecule is CN1CCc2nc(C(=O)NC3CCCCC3(N)C(=O)c3ccc4cc(Br)ccc4c3)sc2C1.Cl. The van der Waals surface area contributed by atoms with Gasteiger partial charge in [-0.25, -0.2) is 4.98 Å². The number of nitrogens with one attached hydrogen (secondary N) is 1. The highest BCUT2D eigenvalue weighted by atomic mass is 79.9. The number of hydrogen-bond acceptors (Lipinski definition) is 6. The van der Waals surface area contributed by atoms with Crippen LogP contribution < -0.4 is 11.1 Å². The summed E-state index contributed by atoms with van der Waals surface area (Å²) in [5.74, 6) is -0.340. The van der Waals surface area contributed by atoms with E-state index in [0.717, 1.165) is 58.2 Å². The molecular weight excluding hydrogens is 536 g/mol. The van der Waals surface area contributed by atoms with Crippen LogP contribution in [0.1, 0.15) is 56.4 Å². The van der Waals surface area contributed by atoms with Crippen molar-refractivity contribution in [2.24, 2.45) is 5.73 Å². The van der Waals surface area contributed by atoms with Crippen LogP contribution in [-0.2, 0) is 13.0 Å². The number of halogens is 2. The van der Waals surface area contributed by atoms with E-state index in [4.69, 9.17) is 5.73 Å². The van der Waals surface area contributed by atoms with Gasteiger partial charge in [-0.15, -0.1) is 23.7 Å². The number of carbonyl (C=O) groups is 2. The van der Waals surface area contributed by atoms with Crippen LogP contribution in [0.5, 0.6) is 0 Å². The summed E-state index contributed by atoms with van der Waals surface area (Å²) in [6.45, 7) is 1.77. The molecule has 2 unspecified atom stereocenters. The molecule has 9 heteroatoms. The number of thiazole rings is 1. The number of likely N-dealkylation sites (N-methyl/N-ethyl adjacent to an activating group) is 1. The summed E-state index contributed by atoms with van der Waals surface area (Å²) < 4.78 is 0.995. The first kappa shape index (κ1) is 25.3. The van der Waals surface area contributed by atoms with Crippen molar-refractivity contribution in [3.63, 3.8) is 0 Å². The molecule has 0 spiro atoms. The average molecular weight is 564 g/mol. The second-order valence-electron chi connectivity index (χ2n) is 9.22. The fourth-order valence-corrected chi connectivity index (χ4v) is 6.41. The van der Waals surface area contributed by atoms with Gasteiger partial charge in [-0.2, -0.15) is 0 Å². The number of carbonyl (C=O) groups excluding carboxylic acids is 2. The summed E-state index contributed by atoms with van der Waals surface area (Å²) in [5, 5.41) is 5.59. The van der Waals surface area contributed by atoms with Crippen molar-refractivity contribution in [3.05, 3.63) is 62.0 Å². The molecular formula is C25H28BrClN4O2S. The van der Waals surface area contributed by atoms with E-state index < -0.39 is 11.6 Å². The van der Waals surface area contributed by atoms with E-state index in [-0.39, 0.29) is 24.1 Å². The lowest BCUT2D eigenvalue weighted by Gasteiger charge is -2.40. The van der Waals surface area contributed by atoms with Crippen molar-refractivity contribution in [2.45, 2.75) is 50.2 Å². The zero-order chi connectivity index (χ0) is 23.2. The fourth-order valence-electron chi connectivity index (χ4n) is 4.94. The summed E-state index contributed by atoms with van der Waals surface area (Å²) >= 11 is 4.94. The van der Waals surface area contributed by atoms with E-state index in [9.17, 15) is 9.59 Å². The molecule has 2 heterocycles. The Morgan fingerprint density at radius 2 is 1.97 bits per heavy atom. The van der Waals surface area contributed by atoms with E-state index in [0.29, 0.717) is 23.4 Å². The third-order valence-corrected chi connectivity index (χ3v) is 8.44. The number of nitrogens with zero attached hydrogens (tertiary/aromatic N) is 2. The first-order valence-corrected chi connectivity index (χ1v) is 13.0. The molecule has 0 radical (unpaired) electrons. The van der Waals surface area contributed by atoms with Crippen molar-refractivity contribution in [1.82, 2.24) is 15.2 Å². The number of ketones is 1. The number of benzene rings is 2. The molecule has 5 rings (SSSR count). The van der Waals surface area contributed by atoms with Crippen LogP contribution in [-0.4, -0.2) is 46.7 Å². The van der Waals surface area contributed by atoms with E-state index in [2.05, 4.69) is 38.2 Å². The Kier molecular flexibility index (Phi) is 7.45. The smallest absolute Gasteiger partial charge is 0.280 e. The highest BCUT2D eigenvalue weighted by Gasteiger charge is 2.45. The van der Waals surface area contributed by atoms with Crippen molar-refractivity contribution in [1.29, 1.82) is 0 Å². The molecule has 0 saturated heterocycles. The molecule has 0 bridgehead atoms. The summed E-state index contributed by atoms with van der Waals surface area (Å²) in [6.07, 6.45) is 3.89. The van der Waals surface area contributed by atoms with E-state index in [1.165, 1.54) is 11.3 Å². The molecule has 1 saturated carbocycles. The molecule has 2 aromatic carbocycles. The number of aromatic nitrogens is 1. The van der Waals surface area contributed by atoms with Gasteiger partial charge in [-0.05, 0) is 48.9 Å². The summed E-state index contributed by atoms with van der Waals surface area (Å²) in [4.78, 5) is 34.7. The molecule has 34 heavy (non-hydrogen) atoms. The molecule has 1 fully saturated rings. The van der Waals surface area contributed by atoms with Gasteiger partial charge in [-0.1, -0.05) is 47.0 Å². The third kappa shape index (κ3) is 4.79. The zero-order valence-electron chi connectivity index (χ0n) is 19.0. The lowest BCUT2D eigenvalue weighted by Crippen LogP contribution is -2.64. The molecule has 1 aliphatic heterocycles. The summed E-state index contributed by atoms with van der Waals surface area (Å²) in [6, 6.07) is 11.2. The second kappa shape index (κ2) is 10.0. The molecule has 2 atom stereocenters. The van der Waals surface area contributed by atoms with Crippen molar-refractivity contribution in [3.8, 4) is 0 Å². The van der Waals surface area contributed by atoms with Gasteiger partial charge in [0, 0.05) is 34.4 Å². The Morgan fingerprint density at radius 3 is 2.79 bits per heavy atom. The average Bonchev–Trinajstić information content (AvgIpc) is 3.23. The van der Waals surface area contributed by atoms with Gasteiger partial charge in [-0.3, -0.25) is 9.59 Å². The van der Waals surface area contributed by atoms with Crippen molar-refractivity contribution >= 4 is 62.1 Å². The Hall–Kier alpha value is -1.84. The number of amides is 1. The molecule has 180 valence electrons. The van der Waals surface area contributed by atoms with Crippen LogP contribution in [0.15, 0.2) is 40.9 Å². The van der Waals surface area contributed by atoms with Gasteiger partial charge in [0.05, 0.1) is 11.7 Å². The number of nitrogens with two attached hydrogens (primary N) is 1. The maximum Gasteiger partial charge on any atom is 0.280 e. The van der Waals surface area contributed by atoms with E-state index in [1.54, 1.807) is 0 Å². The van der Waals surface area contributed by atoms with Gasteiger partial charge in [0.1, 0.15) is 5.54 Å². The first-order valence-electron chi connectivity index (χ1n) is 11.3. The largest absolute Gasteiger partial charge is 0.345 e. The van der Waals surface area contributed by atoms with Gasteiger partial charge >= 0.3 is 0 Å². The minimum atomic E-state index is -1.13. The third-order valence-electron chi connectivity index (χ3n) is 6.86. The Morgan fingerprint density at radius 1 is 1.21 bits per heavy atom. The normalized spacial score (nSPS) is 22.6. The fraction of sp³-hybridized carbons (Fsp3) is 0.400. The molecule has 2 aliphatic rings. The maximum absolute atomic E-state index is 13.7. The van der Waals surface area contributed by atoms with Gasteiger partial charge < -0.3 is 16.0 Å². The monoisotopic (exact) mass is 562 g/mol. The Labute approximate surface area is 217 Å². The van der Waals surface area contributed by atoms with Gasteiger partial charge in [0.15, 0.2) is 10.8 Å². The van der Waals surface area contributed by atoms with Crippen LogP contribution in [0.3, 0.4) is 0 Å². The van der Waals surface area contributed by atoms with Gasteiger partial charge in [0.25, 0.3) is 5.91 Å². The Bertz CT molecular complexity index is 1250. The molecule has 1 aliphatic carbocycles. The molecule has 3 N–H and O–H groups in total. The number of rotatable bonds is 4. The van der Waals surface area contributed by atoms with Crippen molar-refractivity contribution in [2.75, 3.05) is 13.6 Å². The molecule has 3 aromatic rings. The lowest BCUT2D eigenvalue weighted by atomic mass is 9.73. The highest BCUT2D eigenvalue weighted by molar-refractivity contribution is 9.10. The van der Waals surface area contributed by atoms with Crippen LogP contribution in [0.2, 0.25) is 0 Å². The maximum atomic E-state index is 13.7. The van der Waals surface area contributed by atoms with Crippen LogP contribution in [0.25, 0.3) is 10.8 Å². The van der Waals surface area contributed by atoms with E-state index >= 15 is 0 Å². The highest BCUT2D eigenvalue weighted by Crippen LogP contribution is 2.32.